The summed E-state index contributed by atoms with van der Waals surface area (Å²) in [6.45, 7) is 0.433. The van der Waals surface area contributed by atoms with Crippen LogP contribution in [0.4, 0.5) is 20.3 Å². The summed E-state index contributed by atoms with van der Waals surface area (Å²) in [5, 5.41) is 13.7. The van der Waals surface area contributed by atoms with E-state index in [9.17, 15) is 13.6 Å². The lowest BCUT2D eigenvalue weighted by Crippen LogP contribution is -2.26. The van der Waals surface area contributed by atoms with E-state index in [2.05, 4.69) is 20.8 Å². The van der Waals surface area contributed by atoms with E-state index in [1.807, 2.05) is 12.1 Å². The lowest BCUT2D eigenvalue weighted by atomic mass is 10.1. The Morgan fingerprint density at radius 3 is 2.44 bits per heavy atom. The minimum atomic E-state index is -0.749. The first-order valence-electron chi connectivity index (χ1n) is 8.10. The van der Waals surface area contributed by atoms with E-state index in [1.165, 1.54) is 18.2 Å². The fourth-order valence-electron chi connectivity index (χ4n) is 2.31. The number of hydrogen-bond donors (Lipinski definition) is 2. The third kappa shape index (κ3) is 5.21. The summed E-state index contributed by atoms with van der Waals surface area (Å²) in [6, 6.07) is 13.5. The predicted octanol–water partition coefficient (Wildman–Crippen LogP) is 4.12. The summed E-state index contributed by atoms with van der Waals surface area (Å²) in [5.41, 5.74) is 1.24. The molecule has 2 aromatic carbocycles. The number of rotatable bonds is 6. The van der Waals surface area contributed by atoms with Crippen LogP contribution in [0.15, 0.2) is 54.6 Å². The van der Waals surface area contributed by atoms with Crippen molar-refractivity contribution in [2.75, 3.05) is 11.9 Å². The molecule has 1 amide bonds. The van der Waals surface area contributed by atoms with E-state index >= 15 is 0 Å². The van der Waals surface area contributed by atoms with Crippen molar-refractivity contribution < 1.29 is 13.6 Å². The number of hydrogen-bond acceptors (Lipinski definition) is 4. The van der Waals surface area contributed by atoms with Gasteiger partial charge in [0.2, 0.25) is 0 Å². The Bertz CT molecular complexity index is 933. The van der Waals surface area contributed by atoms with Crippen molar-refractivity contribution in [3.63, 3.8) is 0 Å². The quantitative estimate of drug-likeness (QED) is 0.666. The molecule has 5 nitrogen and oxygen atoms in total. The van der Waals surface area contributed by atoms with Gasteiger partial charge in [-0.2, -0.15) is 0 Å². The molecule has 3 aromatic rings. The Balaban J connectivity index is 1.54. The van der Waals surface area contributed by atoms with Gasteiger partial charge in [0.15, 0.2) is 11.5 Å². The Morgan fingerprint density at radius 1 is 1.00 bits per heavy atom. The largest absolute Gasteiger partial charge is 0.350 e. The van der Waals surface area contributed by atoms with E-state index in [1.54, 1.807) is 12.1 Å². The lowest BCUT2D eigenvalue weighted by molar-refractivity contribution is 0.0948. The maximum Gasteiger partial charge on any atom is 0.271 e. The van der Waals surface area contributed by atoms with E-state index in [4.69, 9.17) is 11.6 Å². The summed E-state index contributed by atoms with van der Waals surface area (Å²) < 4.78 is 26.5. The van der Waals surface area contributed by atoms with Crippen LogP contribution in [-0.4, -0.2) is 22.6 Å². The molecule has 3 rings (SSSR count). The standard InChI is InChI=1S/C19H15ClF2N4O/c20-13-3-1-12(2-4-13)9-10-23-19(27)17-7-8-18(26-25-17)24-16-6-5-14(21)11-15(16)22/h1-8,11H,9-10H2,(H,23,27)(H,24,26). The van der Waals surface area contributed by atoms with E-state index < -0.39 is 11.6 Å². The third-order valence-electron chi connectivity index (χ3n) is 3.70. The molecule has 0 spiro atoms. The van der Waals surface area contributed by atoms with Gasteiger partial charge in [0, 0.05) is 17.6 Å². The van der Waals surface area contributed by atoms with Crippen LogP contribution in [0.3, 0.4) is 0 Å². The van der Waals surface area contributed by atoms with Crippen molar-refractivity contribution in [1.29, 1.82) is 0 Å². The van der Waals surface area contributed by atoms with Crippen LogP contribution in [0.1, 0.15) is 16.1 Å². The zero-order valence-electron chi connectivity index (χ0n) is 14.0. The predicted molar refractivity (Wildman–Crippen MR) is 99.2 cm³/mol. The molecular weight excluding hydrogens is 374 g/mol. The van der Waals surface area contributed by atoms with Crippen LogP contribution >= 0.6 is 11.6 Å². The molecule has 0 atom stereocenters. The van der Waals surface area contributed by atoms with Crippen LogP contribution in [0.2, 0.25) is 5.02 Å². The molecule has 0 radical (unpaired) electrons. The molecule has 1 aromatic heterocycles. The monoisotopic (exact) mass is 388 g/mol. The first kappa shape index (κ1) is 18.7. The van der Waals surface area contributed by atoms with Crippen LogP contribution in [-0.2, 0) is 6.42 Å². The average Bonchev–Trinajstić information content (AvgIpc) is 2.66. The highest BCUT2D eigenvalue weighted by Gasteiger charge is 2.09. The van der Waals surface area contributed by atoms with Gasteiger partial charge in [-0.05, 0) is 48.4 Å². The Kier molecular flexibility index (Phi) is 5.93. The number of anilines is 2. The molecule has 138 valence electrons. The van der Waals surface area contributed by atoms with Gasteiger partial charge in [-0.3, -0.25) is 4.79 Å². The van der Waals surface area contributed by atoms with E-state index in [0.29, 0.717) is 18.0 Å². The molecule has 0 aliphatic heterocycles. The van der Waals surface area contributed by atoms with Gasteiger partial charge >= 0.3 is 0 Å². The highest BCUT2D eigenvalue weighted by atomic mass is 35.5. The average molecular weight is 389 g/mol. The Morgan fingerprint density at radius 2 is 1.78 bits per heavy atom. The zero-order chi connectivity index (χ0) is 19.2. The van der Waals surface area contributed by atoms with Gasteiger partial charge in [-0.1, -0.05) is 23.7 Å². The molecule has 0 aliphatic rings. The van der Waals surface area contributed by atoms with Crippen molar-refractivity contribution in [3.05, 3.63) is 82.5 Å². The van der Waals surface area contributed by atoms with Crippen molar-refractivity contribution >= 4 is 29.0 Å². The molecule has 8 heteroatoms. The number of carbonyl (C=O) groups is 1. The van der Waals surface area contributed by atoms with E-state index in [0.717, 1.165) is 17.7 Å². The fraction of sp³-hybridized carbons (Fsp3) is 0.105. The molecule has 0 unspecified atom stereocenters. The van der Waals surface area contributed by atoms with Gasteiger partial charge in [-0.15, -0.1) is 10.2 Å². The molecule has 1 heterocycles. The van der Waals surface area contributed by atoms with Crippen molar-refractivity contribution in [2.45, 2.75) is 6.42 Å². The second-order valence-corrected chi connectivity index (χ2v) is 6.12. The summed E-state index contributed by atoms with van der Waals surface area (Å²) in [5.74, 6) is -1.55. The number of nitrogens with zero attached hydrogens (tertiary/aromatic N) is 2. The normalized spacial score (nSPS) is 10.5. The molecule has 0 saturated heterocycles. The number of aromatic nitrogens is 2. The third-order valence-corrected chi connectivity index (χ3v) is 3.96. The van der Waals surface area contributed by atoms with E-state index in [-0.39, 0.29) is 23.1 Å². The first-order chi connectivity index (χ1) is 13.0. The molecule has 0 saturated carbocycles. The Hall–Kier alpha value is -3.06. The summed E-state index contributed by atoms with van der Waals surface area (Å²) >= 11 is 5.83. The topological polar surface area (TPSA) is 66.9 Å². The summed E-state index contributed by atoms with van der Waals surface area (Å²) in [4.78, 5) is 12.1. The molecule has 0 bridgehead atoms. The van der Waals surface area contributed by atoms with Gasteiger partial charge in [-0.25, -0.2) is 8.78 Å². The van der Waals surface area contributed by atoms with Crippen LogP contribution in [0.5, 0.6) is 0 Å². The molecule has 2 N–H and O–H groups in total. The molecular formula is C19H15ClF2N4O. The van der Waals surface area contributed by atoms with Crippen LogP contribution in [0, 0.1) is 11.6 Å². The minimum Gasteiger partial charge on any atom is -0.350 e. The summed E-state index contributed by atoms with van der Waals surface area (Å²) in [6.07, 6.45) is 0.653. The van der Waals surface area contributed by atoms with Gasteiger partial charge in [0.25, 0.3) is 5.91 Å². The molecule has 0 fully saturated rings. The minimum absolute atomic E-state index is 0.0610. The SMILES string of the molecule is O=C(NCCc1ccc(Cl)cc1)c1ccc(Nc2ccc(F)cc2F)nn1. The van der Waals surface area contributed by atoms with Crippen molar-refractivity contribution in [3.8, 4) is 0 Å². The van der Waals surface area contributed by atoms with Gasteiger partial charge in [0.05, 0.1) is 5.69 Å². The number of carbonyl (C=O) groups excluding carboxylic acids is 1. The zero-order valence-corrected chi connectivity index (χ0v) is 14.8. The number of benzene rings is 2. The molecule has 27 heavy (non-hydrogen) atoms. The maximum atomic E-state index is 13.6. The highest BCUT2D eigenvalue weighted by Crippen LogP contribution is 2.19. The van der Waals surface area contributed by atoms with Crippen LogP contribution in [0.25, 0.3) is 0 Å². The maximum absolute atomic E-state index is 13.6. The lowest BCUT2D eigenvalue weighted by Gasteiger charge is -2.07. The smallest absolute Gasteiger partial charge is 0.271 e. The second kappa shape index (κ2) is 8.55. The van der Waals surface area contributed by atoms with Crippen LogP contribution < -0.4 is 10.6 Å². The molecule has 0 aliphatic carbocycles. The first-order valence-corrected chi connectivity index (χ1v) is 8.47. The van der Waals surface area contributed by atoms with Crippen molar-refractivity contribution in [2.24, 2.45) is 0 Å². The number of nitrogens with one attached hydrogen (secondary N) is 2. The van der Waals surface area contributed by atoms with Gasteiger partial charge in [0.1, 0.15) is 11.6 Å². The van der Waals surface area contributed by atoms with Gasteiger partial charge < -0.3 is 10.6 Å². The fourth-order valence-corrected chi connectivity index (χ4v) is 2.44. The summed E-state index contributed by atoms with van der Waals surface area (Å²) in [7, 11) is 0. The second-order valence-electron chi connectivity index (χ2n) is 5.69. The Labute approximate surface area is 159 Å². The highest BCUT2D eigenvalue weighted by molar-refractivity contribution is 6.30. The number of halogens is 3. The van der Waals surface area contributed by atoms with Crippen molar-refractivity contribution in [1.82, 2.24) is 15.5 Å². The number of amides is 1.